The number of aromatic nitrogens is 4. The Morgan fingerprint density at radius 2 is 1.97 bits per heavy atom. The molecule has 0 amide bonds. The third-order valence-electron chi connectivity index (χ3n) is 5.41. The van der Waals surface area contributed by atoms with Crippen molar-refractivity contribution >= 4 is 23.0 Å². The van der Waals surface area contributed by atoms with E-state index in [4.69, 9.17) is 10.5 Å². The van der Waals surface area contributed by atoms with E-state index in [2.05, 4.69) is 50.1 Å². The predicted molar refractivity (Wildman–Crippen MR) is 118 cm³/mol. The number of anilines is 2. The van der Waals surface area contributed by atoms with Gasteiger partial charge in [0.2, 0.25) is 0 Å². The normalized spacial score (nSPS) is 13.5. The summed E-state index contributed by atoms with van der Waals surface area (Å²) in [6.45, 7) is 1.61. The van der Waals surface area contributed by atoms with Crippen LogP contribution in [0.25, 0.3) is 16.9 Å². The molecule has 4 heterocycles. The molecule has 0 atom stereocenters. The molecule has 0 radical (unpaired) electrons. The standard InChI is InChI=1S/C23H22N7.Cr/c1-28(16-17-4-2-12-25-14-17)23-11-10-22-26-15-20(30(22)27-23)18-6-8-19(9-7-18)29-13-3-5-21(29)24;/h4,6-12,14-15,24H,3,5,13,16H2,1H3;/q-1;. The van der Waals surface area contributed by atoms with Crippen molar-refractivity contribution in [2.45, 2.75) is 19.4 Å². The first-order valence-electron chi connectivity index (χ1n) is 10.0. The van der Waals surface area contributed by atoms with Gasteiger partial charge >= 0.3 is 0 Å². The average Bonchev–Trinajstić information content (AvgIpc) is 3.40. The molecule has 4 aromatic rings. The fourth-order valence-corrected chi connectivity index (χ4v) is 3.83. The molecule has 1 saturated heterocycles. The van der Waals surface area contributed by atoms with Crippen molar-refractivity contribution in [3.63, 3.8) is 0 Å². The van der Waals surface area contributed by atoms with E-state index >= 15 is 0 Å². The van der Waals surface area contributed by atoms with E-state index in [-0.39, 0.29) is 17.4 Å². The predicted octanol–water partition coefficient (Wildman–Crippen LogP) is 3.80. The van der Waals surface area contributed by atoms with Crippen molar-refractivity contribution in [3.05, 3.63) is 72.7 Å². The van der Waals surface area contributed by atoms with Crippen LogP contribution in [0.3, 0.4) is 0 Å². The van der Waals surface area contributed by atoms with Crippen LogP contribution < -0.4 is 9.80 Å². The quantitative estimate of drug-likeness (QED) is 0.470. The van der Waals surface area contributed by atoms with Crippen LogP contribution in [0.1, 0.15) is 18.4 Å². The Morgan fingerprint density at radius 1 is 1.13 bits per heavy atom. The number of amidine groups is 1. The summed E-state index contributed by atoms with van der Waals surface area (Å²) in [5.41, 5.74) is 4.94. The van der Waals surface area contributed by atoms with E-state index < -0.39 is 0 Å². The van der Waals surface area contributed by atoms with Gasteiger partial charge in [-0.05, 0) is 37.2 Å². The van der Waals surface area contributed by atoms with Gasteiger partial charge in [0.1, 0.15) is 11.7 Å². The van der Waals surface area contributed by atoms with Crippen LogP contribution in [0, 0.1) is 11.5 Å². The van der Waals surface area contributed by atoms with Gasteiger partial charge in [-0.1, -0.05) is 24.5 Å². The number of pyridine rings is 1. The number of nitrogens with one attached hydrogen (secondary N) is 1. The van der Waals surface area contributed by atoms with Crippen molar-refractivity contribution in [2.75, 3.05) is 23.4 Å². The maximum atomic E-state index is 8.08. The van der Waals surface area contributed by atoms with Gasteiger partial charge in [0.25, 0.3) is 0 Å². The van der Waals surface area contributed by atoms with Crippen molar-refractivity contribution in [2.24, 2.45) is 0 Å². The maximum Gasteiger partial charge on any atom is 0.154 e. The Bertz CT molecular complexity index is 1190. The molecule has 1 aromatic carbocycles. The molecule has 5 rings (SSSR count). The van der Waals surface area contributed by atoms with Gasteiger partial charge in [-0.25, -0.2) is 21.6 Å². The molecule has 0 unspecified atom stereocenters. The Morgan fingerprint density at radius 3 is 2.68 bits per heavy atom. The summed E-state index contributed by atoms with van der Waals surface area (Å²) < 4.78 is 1.88. The summed E-state index contributed by atoms with van der Waals surface area (Å²) in [4.78, 5) is 12.8. The largest absolute Gasteiger partial charge is 0.371 e. The molecule has 1 N–H and O–H groups in total. The molecule has 0 bridgehead atoms. The number of nitrogens with zero attached hydrogens (tertiary/aromatic N) is 6. The second-order valence-corrected chi connectivity index (χ2v) is 7.50. The molecule has 1 aliphatic heterocycles. The number of fused-ring (bicyclic) bond motifs is 1. The smallest absolute Gasteiger partial charge is 0.154 e. The number of benzene rings is 1. The van der Waals surface area contributed by atoms with Crippen LogP contribution in [-0.2, 0) is 23.9 Å². The van der Waals surface area contributed by atoms with Crippen LogP contribution in [0.2, 0.25) is 0 Å². The zero-order chi connectivity index (χ0) is 20.5. The van der Waals surface area contributed by atoms with Crippen molar-refractivity contribution in [1.29, 1.82) is 5.41 Å². The molecule has 3 aromatic heterocycles. The second-order valence-electron chi connectivity index (χ2n) is 7.50. The number of rotatable bonds is 5. The minimum Gasteiger partial charge on any atom is -0.371 e. The summed E-state index contributed by atoms with van der Waals surface area (Å²) in [6.07, 6.45) is 7.26. The minimum absolute atomic E-state index is 0. The van der Waals surface area contributed by atoms with Gasteiger partial charge < -0.3 is 14.8 Å². The zero-order valence-corrected chi connectivity index (χ0v) is 18.5. The third kappa shape index (κ3) is 4.18. The Hall–Kier alpha value is -3.21. The monoisotopic (exact) mass is 448 g/mol. The van der Waals surface area contributed by atoms with Crippen LogP contribution in [0.15, 0.2) is 61.1 Å². The first-order valence-corrected chi connectivity index (χ1v) is 10.0. The minimum atomic E-state index is 0. The maximum absolute atomic E-state index is 8.08. The molecular formula is C23H22CrN7-. The van der Waals surface area contributed by atoms with Crippen LogP contribution >= 0.6 is 0 Å². The molecule has 7 nitrogen and oxygen atoms in total. The van der Waals surface area contributed by atoms with Crippen LogP contribution in [-0.4, -0.2) is 39.0 Å². The van der Waals surface area contributed by atoms with Gasteiger partial charge in [0, 0.05) is 48.6 Å². The molecule has 0 spiro atoms. The SMILES string of the molecule is CN(Cc1c[c-]cnc1)c1ccc2ncc(-c3ccc(N4CCCC4=N)cc3)n2n1.[Cr]. The molecule has 31 heavy (non-hydrogen) atoms. The third-order valence-corrected chi connectivity index (χ3v) is 5.41. The molecule has 0 aliphatic carbocycles. The first-order chi connectivity index (χ1) is 14.7. The van der Waals surface area contributed by atoms with E-state index in [0.717, 1.165) is 53.4 Å². The summed E-state index contributed by atoms with van der Waals surface area (Å²) in [6, 6.07) is 17.2. The van der Waals surface area contributed by atoms with E-state index in [1.165, 1.54) is 0 Å². The van der Waals surface area contributed by atoms with Crippen molar-refractivity contribution in [1.82, 2.24) is 19.6 Å². The van der Waals surface area contributed by atoms with E-state index in [1.807, 2.05) is 42.2 Å². The van der Waals surface area contributed by atoms with Gasteiger partial charge in [-0.2, -0.15) is 5.56 Å². The fraction of sp³-hybridized carbons (Fsp3) is 0.217. The van der Waals surface area contributed by atoms with Crippen molar-refractivity contribution < 1.29 is 17.4 Å². The van der Waals surface area contributed by atoms with E-state index in [0.29, 0.717) is 12.4 Å². The molecule has 1 fully saturated rings. The summed E-state index contributed by atoms with van der Waals surface area (Å²) in [5, 5.41) is 12.9. The van der Waals surface area contributed by atoms with Crippen LogP contribution in [0.5, 0.6) is 0 Å². The van der Waals surface area contributed by atoms with Crippen molar-refractivity contribution in [3.8, 4) is 11.3 Å². The topological polar surface area (TPSA) is 73.4 Å². The summed E-state index contributed by atoms with van der Waals surface area (Å²) in [7, 11) is 2.01. The molecular weight excluding hydrogens is 426 g/mol. The molecule has 1 aliphatic rings. The molecule has 0 saturated carbocycles. The number of imidazole rings is 1. The van der Waals surface area contributed by atoms with Gasteiger partial charge in [-0.3, -0.25) is 5.41 Å². The average molecular weight is 448 g/mol. The van der Waals surface area contributed by atoms with E-state index in [1.54, 1.807) is 6.20 Å². The summed E-state index contributed by atoms with van der Waals surface area (Å²) >= 11 is 0. The second kappa shape index (κ2) is 8.88. The number of hydrogen-bond acceptors (Lipinski definition) is 5. The zero-order valence-electron chi connectivity index (χ0n) is 17.2. The van der Waals surface area contributed by atoms with Gasteiger partial charge in [0.15, 0.2) is 5.65 Å². The van der Waals surface area contributed by atoms with Gasteiger partial charge in [-0.15, -0.1) is 5.10 Å². The first kappa shape index (κ1) is 21.0. The molecule has 8 heteroatoms. The fourth-order valence-electron chi connectivity index (χ4n) is 3.83. The number of hydrogen-bond donors (Lipinski definition) is 1. The van der Waals surface area contributed by atoms with Gasteiger partial charge in [0.05, 0.1) is 11.9 Å². The van der Waals surface area contributed by atoms with E-state index in [9.17, 15) is 0 Å². The Labute approximate surface area is 192 Å². The molecule has 156 valence electrons. The van der Waals surface area contributed by atoms with Crippen LogP contribution in [0.4, 0.5) is 11.5 Å². The Balaban J connectivity index is 0.00000231. The summed E-state index contributed by atoms with van der Waals surface area (Å²) in [5.74, 6) is 1.55. The Kier molecular flexibility index (Phi) is 6.03.